The number of hydrogen-bond acceptors (Lipinski definition) is 2. The molecule has 0 saturated carbocycles. The molecule has 0 aliphatic heterocycles. The van der Waals surface area contributed by atoms with Gasteiger partial charge in [0.25, 0.3) is 5.56 Å². The average molecular weight is 408 g/mol. The SMILES string of the molecule is CC(C)c1cccc2c(=O)[nH]c(-c3cc(-c4ccccc4)cc(C(F)(F)F)c3)nc12. The van der Waals surface area contributed by atoms with E-state index in [9.17, 15) is 18.0 Å². The second-order valence-electron chi connectivity index (χ2n) is 7.48. The largest absolute Gasteiger partial charge is 0.416 e. The van der Waals surface area contributed by atoms with Crippen molar-refractivity contribution < 1.29 is 13.2 Å². The summed E-state index contributed by atoms with van der Waals surface area (Å²) in [6.07, 6.45) is -4.53. The molecule has 3 nitrogen and oxygen atoms in total. The Bertz CT molecular complexity index is 1280. The molecule has 1 N–H and O–H groups in total. The zero-order chi connectivity index (χ0) is 21.5. The van der Waals surface area contributed by atoms with Crippen LogP contribution in [0.5, 0.6) is 0 Å². The maximum atomic E-state index is 13.6. The van der Waals surface area contributed by atoms with Gasteiger partial charge in [0.15, 0.2) is 0 Å². The van der Waals surface area contributed by atoms with E-state index in [-0.39, 0.29) is 22.9 Å². The van der Waals surface area contributed by atoms with Crippen LogP contribution < -0.4 is 5.56 Å². The molecule has 30 heavy (non-hydrogen) atoms. The molecule has 1 heterocycles. The van der Waals surface area contributed by atoms with Gasteiger partial charge in [-0.1, -0.05) is 56.3 Å². The number of H-pyrrole nitrogens is 1. The fraction of sp³-hybridized carbons (Fsp3) is 0.167. The van der Waals surface area contributed by atoms with Crippen molar-refractivity contribution in [3.05, 3.63) is 88.2 Å². The average Bonchev–Trinajstić information content (AvgIpc) is 2.73. The van der Waals surface area contributed by atoms with Gasteiger partial charge in [0.2, 0.25) is 0 Å². The summed E-state index contributed by atoms with van der Waals surface area (Å²) >= 11 is 0. The van der Waals surface area contributed by atoms with Crippen molar-refractivity contribution in [2.45, 2.75) is 25.9 Å². The molecular weight excluding hydrogens is 389 g/mol. The second-order valence-corrected chi connectivity index (χ2v) is 7.48. The standard InChI is InChI=1S/C24H19F3N2O/c1-14(2)19-9-6-10-20-21(19)28-22(29-23(20)30)17-11-16(15-7-4-3-5-8-15)12-18(13-17)24(25,26)27/h3-14H,1-2H3,(H,28,29,30). The third kappa shape index (κ3) is 3.73. The van der Waals surface area contributed by atoms with E-state index >= 15 is 0 Å². The van der Waals surface area contributed by atoms with E-state index in [0.717, 1.165) is 17.7 Å². The predicted molar refractivity (Wildman–Crippen MR) is 112 cm³/mol. The summed E-state index contributed by atoms with van der Waals surface area (Å²) in [5.41, 5.74) is 1.47. The second kappa shape index (κ2) is 7.44. The lowest BCUT2D eigenvalue weighted by Crippen LogP contribution is -2.12. The fourth-order valence-corrected chi connectivity index (χ4v) is 3.51. The van der Waals surface area contributed by atoms with Crippen molar-refractivity contribution in [1.82, 2.24) is 9.97 Å². The Labute approximate surface area is 171 Å². The van der Waals surface area contributed by atoms with Crippen LogP contribution in [-0.4, -0.2) is 9.97 Å². The number of alkyl halides is 3. The van der Waals surface area contributed by atoms with Crippen LogP contribution in [0.2, 0.25) is 0 Å². The first kappa shape index (κ1) is 19.9. The summed E-state index contributed by atoms with van der Waals surface area (Å²) in [5, 5.41) is 0.417. The summed E-state index contributed by atoms with van der Waals surface area (Å²) in [5.74, 6) is 0.223. The number of halogens is 3. The number of rotatable bonds is 3. The molecule has 0 amide bonds. The predicted octanol–water partition coefficient (Wildman–Crippen LogP) is 6.40. The van der Waals surface area contributed by atoms with Gasteiger partial charge < -0.3 is 4.98 Å². The van der Waals surface area contributed by atoms with Crippen molar-refractivity contribution in [2.24, 2.45) is 0 Å². The number of fused-ring (bicyclic) bond motifs is 1. The Morgan fingerprint density at radius 1 is 0.867 bits per heavy atom. The Kier molecular flexibility index (Phi) is 4.94. The number of hydrogen-bond donors (Lipinski definition) is 1. The lowest BCUT2D eigenvalue weighted by Gasteiger charge is -2.14. The molecule has 0 aliphatic rings. The molecular formula is C24H19F3N2O. The van der Waals surface area contributed by atoms with E-state index in [4.69, 9.17) is 0 Å². The lowest BCUT2D eigenvalue weighted by atomic mass is 9.98. The molecule has 0 unspecified atom stereocenters. The molecule has 4 rings (SSSR count). The minimum absolute atomic E-state index is 0.109. The van der Waals surface area contributed by atoms with Gasteiger partial charge in [-0.15, -0.1) is 0 Å². The quantitative estimate of drug-likeness (QED) is 0.426. The third-order valence-electron chi connectivity index (χ3n) is 5.03. The number of aromatic nitrogens is 2. The molecule has 0 radical (unpaired) electrons. The molecule has 152 valence electrons. The maximum Gasteiger partial charge on any atom is 0.416 e. The van der Waals surface area contributed by atoms with Crippen molar-refractivity contribution >= 4 is 10.9 Å². The molecule has 0 saturated heterocycles. The Hall–Kier alpha value is -3.41. The highest BCUT2D eigenvalue weighted by atomic mass is 19.4. The number of benzene rings is 3. The van der Waals surface area contributed by atoms with Gasteiger partial charge in [-0.2, -0.15) is 13.2 Å². The van der Waals surface area contributed by atoms with Crippen molar-refractivity contribution in [2.75, 3.05) is 0 Å². The summed E-state index contributed by atoms with van der Waals surface area (Å²) in [6, 6.07) is 17.9. The van der Waals surface area contributed by atoms with Gasteiger partial charge in [-0.05, 0) is 46.9 Å². The number of para-hydroxylation sites is 1. The zero-order valence-corrected chi connectivity index (χ0v) is 16.4. The minimum atomic E-state index is -4.53. The van der Waals surface area contributed by atoms with Gasteiger partial charge in [0.05, 0.1) is 16.5 Å². The molecule has 6 heteroatoms. The molecule has 0 spiro atoms. The Balaban J connectivity index is 1.99. The van der Waals surface area contributed by atoms with Gasteiger partial charge in [0.1, 0.15) is 5.82 Å². The van der Waals surface area contributed by atoms with Gasteiger partial charge >= 0.3 is 6.18 Å². The van der Waals surface area contributed by atoms with Gasteiger partial charge in [0, 0.05) is 5.56 Å². The fourth-order valence-electron chi connectivity index (χ4n) is 3.51. The zero-order valence-electron chi connectivity index (χ0n) is 16.4. The monoisotopic (exact) mass is 408 g/mol. The number of aromatic amines is 1. The Morgan fingerprint density at radius 3 is 2.23 bits per heavy atom. The van der Waals surface area contributed by atoms with Crippen LogP contribution in [0.25, 0.3) is 33.4 Å². The lowest BCUT2D eigenvalue weighted by molar-refractivity contribution is -0.137. The van der Waals surface area contributed by atoms with Crippen LogP contribution in [0.4, 0.5) is 13.2 Å². The smallest absolute Gasteiger partial charge is 0.306 e. The number of nitrogens with zero attached hydrogens (tertiary/aromatic N) is 1. The van der Waals surface area contributed by atoms with Crippen molar-refractivity contribution in [3.8, 4) is 22.5 Å². The third-order valence-corrected chi connectivity index (χ3v) is 5.03. The molecule has 4 aromatic rings. The van der Waals surface area contributed by atoms with E-state index in [1.54, 1.807) is 48.5 Å². The molecule has 0 bridgehead atoms. The minimum Gasteiger partial charge on any atom is -0.306 e. The van der Waals surface area contributed by atoms with Crippen molar-refractivity contribution in [3.63, 3.8) is 0 Å². The maximum absolute atomic E-state index is 13.6. The van der Waals surface area contributed by atoms with Crippen LogP contribution in [-0.2, 0) is 6.18 Å². The van der Waals surface area contributed by atoms with Gasteiger partial charge in [-0.25, -0.2) is 4.98 Å². The van der Waals surface area contributed by atoms with E-state index in [2.05, 4.69) is 9.97 Å². The van der Waals surface area contributed by atoms with E-state index < -0.39 is 11.7 Å². The topological polar surface area (TPSA) is 45.8 Å². The normalized spacial score (nSPS) is 11.9. The Morgan fingerprint density at radius 2 is 1.57 bits per heavy atom. The molecule has 0 fully saturated rings. The van der Waals surface area contributed by atoms with Crippen LogP contribution in [0.1, 0.15) is 30.9 Å². The molecule has 0 atom stereocenters. The first-order chi connectivity index (χ1) is 14.2. The number of nitrogens with one attached hydrogen (secondary N) is 1. The van der Waals surface area contributed by atoms with E-state index in [0.29, 0.717) is 22.0 Å². The first-order valence-corrected chi connectivity index (χ1v) is 9.55. The van der Waals surface area contributed by atoms with E-state index in [1.807, 2.05) is 19.9 Å². The summed E-state index contributed by atoms with van der Waals surface area (Å²) in [7, 11) is 0. The van der Waals surface area contributed by atoms with Crippen LogP contribution in [0.3, 0.4) is 0 Å². The molecule has 1 aromatic heterocycles. The highest BCUT2D eigenvalue weighted by Crippen LogP contribution is 2.36. The molecule has 0 aliphatic carbocycles. The van der Waals surface area contributed by atoms with Crippen LogP contribution in [0, 0.1) is 0 Å². The van der Waals surface area contributed by atoms with Gasteiger partial charge in [-0.3, -0.25) is 4.79 Å². The highest BCUT2D eigenvalue weighted by molar-refractivity contribution is 5.83. The summed E-state index contributed by atoms with van der Waals surface area (Å²) < 4.78 is 40.8. The summed E-state index contributed by atoms with van der Waals surface area (Å²) in [6.45, 7) is 3.96. The highest BCUT2D eigenvalue weighted by Gasteiger charge is 2.31. The van der Waals surface area contributed by atoms with E-state index in [1.165, 1.54) is 0 Å². The first-order valence-electron chi connectivity index (χ1n) is 9.55. The van der Waals surface area contributed by atoms with Crippen molar-refractivity contribution in [1.29, 1.82) is 0 Å². The van der Waals surface area contributed by atoms with Crippen LogP contribution >= 0.6 is 0 Å². The summed E-state index contributed by atoms with van der Waals surface area (Å²) in [4.78, 5) is 19.9. The molecule has 3 aromatic carbocycles. The van der Waals surface area contributed by atoms with Crippen LogP contribution in [0.15, 0.2) is 71.5 Å².